The van der Waals surface area contributed by atoms with Crippen molar-refractivity contribution in [3.05, 3.63) is 16.6 Å². The van der Waals surface area contributed by atoms with Crippen molar-refractivity contribution in [1.29, 1.82) is 0 Å². The Hall–Kier alpha value is -0.490. The van der Waals surface area contributed by atoms with Crippen molar-refractivity contribution in [2.24, 2.45) is 0 Å². The lowest BCUT2D eigenvalue weighted by atomic mass is 10.1. The second-order valence-corrected chi connectivity index (χ2v) is 5.42. The highest BCUT2D eigenvalue weighted by Crippen LogP contribution is 2.11. The number of morpholine rings is 1. The molecule has 2 rings (SSSR count). The molecule has 0 amide bonds. The van der Waals surface area contributed by atoms with Crippen LogP contribution < -0.4 is 5.32 Å². The predicted octanol–water partition coefficient (Wildman–Crippen LogP) is 1.34. The second-order valence-electron chi connectivity index (χ2n) is 4.71. The molecular weight excluding hydrogens is 234 g/mol. The standard InChI is InChI=1S/C12H21N3OS/c1-10(5-11-7-16-4-3-13-11)15(2)6-12-8-17-9-14-12/h8-11,13H,3-7H2,1-2H3. The number of nitrogens with one attached hydrogen (secondary N) is 1. The van der Waals surface area contributed by atoms with Crippen LogP contribution in [-0.2, 0) is 11.3 Å². The summed E-state index contributed by atoms with van der Waals surface area (Å²) >= 11 is 1.66. The maximum Gasteiger partial charge on any atom is 0.0795 e. The summed E-state index contributed by atoms with van der Waals surface area (Å²) in [4.78, 5) is 6.67. The first-order valence-electron chi connectivity index (χ1n) is 6.14. The van der Waals surface area contributed by atoms with E-state index in [1.165, 1.54) is 0 Å². The third kappa shape index (κ3) is 4.03. The third-order valence-corrected chi connectivity index (χ3v) is 3.91. The van der Waals surface area contributed by atoms with Crippen LogP contribution >= 0.6 is 11.3 Å². The van der Waals surface area contributed by atoms with Crippen LogP contribution in [0, 0.1) is 0 Å². The second kappa shape index (κ2) is 6.44. The molecule has 2 heterocycles. The first kappa shape index (κ1) is 13.0. The van der Waals surface area contributed by atoms with Gasteiger partial charge in [-0.1, -0.05) is 0 Å². The van der Waals surface area contributed by atoms with Crippen molar-refractivity contribution >= 4 is 11.3 Å². The Morgan fingerprint density at radius 1 is 1.71 bits per heavy atom. The molecule has 2 unspecified atom stereocenters. The van der Waals surface area contributed by atoms with Gasteiger partial charge >= 0.3 is 0 Å². The third-order valence-electron chi connectivity index (χ3n) is 3.27. The Balaban J connectivity index is 1.76. The predicted molar refractivity (Wildman–Crippen MR) is 70.3 cm³/mol. The molecular formula is C12H21N3OS. The highest BCUT2D eigenvalue weighted by molar-refractivity contribution is 7.07. The van der Waals surface area contributed by atoms with Gasteiger partial charge < -0.3 is 10.1 Å². The van der Waals surface area contributed by atoms with Gasteiger partial charge in [0.05, 0.1) is 24.4 Å². The lowest BCUT2D eigenvalue weighted by molar-refractivity contribution is 0.0637. The average Bonchev–Trinajstić information content (AvgIpc) is 2.83. The van der Waals surface area contributed by atoms with Gasteiger partial charge in [-0.25, -0.2) is 4.98 Å². The van der Waals surface area contributed by atoms with Crippen LogP contribution in [0.15, 0.2) is 10.9 Å². The molecule has 0 saturated carbocycles. The molecule has 1 N–H and O–H groups in total. The molecule has 2 atom stereocenters. The number of thiazole rings is 1. The van der Waals surface area contributed by atoms with Gasteiger partial charge in [0.1, 0.15) is 0 Å². The molecule has 0 radical (unpaired) electrons. The minimum absolute atomic E-state index is 0.497. The van der Waals surface area contributed by atoms with E-state index in [0.717, 1.165) is 38.4 Å². The zero-order valence-corrected chi connectivity index (χ0v) is 11.4. The fraction of sp³-hybridized carbons (Fsp3) is 0.750. The van der Waals surface area contributed by atoms with E-state index in [9.17, 15) is 0 Å². The van der Waals surface area contributed by atoms with Gasteiger partial charge in [-0.3, -0.25) is 4.90 Å². The number of ether oxygens (including phenoxy) is 1. The van der Waals surface area contributed by atoms with Crippen molar-refractivity contribution in [2.45, 2.75) is 32.0 Å². The Labute approximate surface area is 107 Å². The highest BCUT2D eigenvalue weighted by atomic mass is 32.1. The van der Waals surface area contributed by atoms with Crippen molar-refractivity contribution in [1.82, 2.24) is 15.2 Å². The van der Waals surface area contributed by atoms with E-state index in [1.54, 1.807) is 11.3 Å². The average molecular weight is 255 g/mol. The normalized spacial score (nSPS) is 22.9. The van der Waals surface area contributed by atoms with E-state index in [2.05, 4.69) is 34.6 Å². The van der Waals surface area contributed by atoms with Crippen molar-refractivity contribution in [2.75, 3.05) is 26.8 Å². The minimum atomic E-state index is 0.497. The van der Waals surface area contributed by atoms with Crippen LogP contribution in [0.1, 0.15) is 19.0 Å². The molecule has 5 heteroatoms. The fourth-order valence-corrected chi connectivity index (χ4v) is 2.64. The van der Waals surface area contributed by atoms with Gasteiger partial charge in [0, 0.05) is 30.6 Å². The number of nitrogens with zero attached hydrogens (tertiary/aromatic N) is 2. The molecule has 0 spiro atoms. The largest absolute Gasteiger partial charge is 0.379 e. The first-order valence-corrected chi connectivity index (χ1v) is 7.08. The molecule has 96 valence electrons. The molecule has 0 aromatic carbocycles. The van der Waals surface area contributed by atoms with E-state index in [4.69, 9.17) is 4.74 Å². The summed E-state index contributed by atoms with van der Waals surface area (Å²) in [5.74, 6) is 0. The van der Waals surface area contributed by atoms with Crippen molar-refractivity contribution in [3.63, 3.8) is 0 Å². The fourth-order valence-electron chi connectivity index (χ4n) is 2.09. The van der Waals surface area contributed by atoms with Gasteiger partial charge in [0.2, 0.25) is 0 Å². The molecule has 0 aliphatic carbocycles. The van der Waals surface area contributed by atoms with E-state index in [-0.39, 0.29) is 0 Å². The SMILES string of the molecule is CC(CC1COCCN1)N(C)Cc1cscn1. The Morgan fingerprint density at radius 3 is 3.24 bits per heavy atom. The lowest BCUT2D eigenvalue weighted by Crippen LogP contribution is -2.45. The monoisotopic (exact) mass is 255 g/mol. The van der Waals surface area contributed by atoms with Crippen LogP contribution in [0.2, 0.25) is 0 Å². The highest BCUT2D eigenvalue weighted by Gasteiger charge is 2.19. The quantitative estimate of drug-likeness (QED) is 0.861. The topological polar surface area (TPSA) is 37.4 Å². The summed E-state index contributed by atoms with van der Waals surface area (Å²) in [6.45, 7) is 5.86. The molecule has 1 aliphatic rings. The number of rotatable bonds is 5. The summed E-state index contributed by atoms with van der Waals surface area (Å²) in [5.41, 5.74) is 3.06. The Kier molecular flexibility index (Phi) is 4.91. The Morgan fingerprint density at radius 2 is 2.59 bits per heavy atom. The number of hydrogen-bond donors (Lipinski definition) is 1. The zero-order chi connectivity index (χ0) is 12.1. The van der Waals surface area contributed by atoms with Crippen LogP contribution in [-0.4, -0.2) is 48.8 Å². The van der Waals surface area contributed by atoms with E-state index >= 15 is 0 Å². The molecule has 1 aromatic rings. The molecule has 4 nitrogen and oxygen atoms in total. The Bertz CT molecular complexity index is 312. The summed E-state index contributed by atoms with van der Waals surface area (Å²) in [6, 6.07) is 1.03. The van der Waals surface area contributed by atoms with Crippen LogP contribution in [0.25, 0.3) is 0 Å². The van der Waals surface area contributed by atoms with Crippen molar-refractivity contribution < 1.29 is 4.74 Å². The van der Waals surface area contributed by atoms with Gasteiger partial charge in [0.15, 0.2) is 0 Å². The summed E-state index contributed by atoms with van der Waals surface area (Å²) < 4.78 is 5.48. The smallest absolute Gasteiger partial charge is 0.0795 e. The molecule has 1 aromatic heterocycles. The lowest BCUT2D eigenvalue weighted by Gasteiger charge is -2.30. The minimum Gasteiger partial charge on any atom is -0.379 e. The molecule has 17 heavy (non-hydrogen) atoms. The summed E-state index contributed by atoms with van der Waals surface area (Å²) in [6.07, 6.45) is 1.13. The molecule has 1 fully saturated rings. The number of hydrogen-bond acceptors (Lipinski definition) is 5. The van der Waals surface area contributed by atoms with Gasteiger partial charge in [-0.05, 0) is 20.4 Å². The summed E-state index contributed by atoms with van der Waals surface area (Å²) in [5, 5.41) is 5.61. The molecule has 0 bridgehead atoms. The molecule has 1 saturated heterocycles. The molecule has 1 aliphatic heterocycles. The first-order chi connectivity index (χ1) is 8.25. The van der Waals surface area contributed by atoms with Gasteiger partial charge in [0.25, 0.3) is 0 Å². The van der Waals surface area contributed by atoms with Gasteiger partial charge in [-0.15, -0.1) is 11.3 Å². The van der Waals surface area contributed by atoms with E-state index in [1.807, 2.05) is 5.51 Å². The van der Waals surface area contributed by atoms with Crippen molar-refractivity contribution in [3.8, 4) is 0 Å². The maximum absolute atomic E-state index is 5.48. The maximum atomic E-state index is 5.48. The number of aromatic nitrogens is 1. The van der Waals surface area contributed by atoms with E-state index < -0.39 is 0 Å². The van der Waals surface area contributed by atoms with Crippen LogP contribution in [0.4, 0.5) is 0 Å². The van der Waals surface area contributed by atoms with E-state index in [0.29, 0.717) is 12.1 Å². The summed E-state index contributed by atoms with van der Waals surface area (Å²) in [7, 11) is 2.16. The van der Waals surface area contributed by atoms with Gasteiger partial charge in [-0.2, -0.15) is 0 Å². The van der Waals surface area contributed by atoms with Crippen LogP contribution in [0.5, 0.6) is 0 Å². The zero-order valence-electron chi connectivity index (χ0n) is 10.6. The van der Waals surface area contributed by atoms with Crippen LogP contribution in [0.3, 0.4) is 0 Å².